The van der Waals surface area contributed by atoms with E-state index in [4.69, 9.17) is 5.73 Å². The van der Waals surface area contributed by atoms with Crippen molar-refractivity contribution in [2.24, 2.45) is 11.1 Å². The van der Waals surface area contributed by atoms with Gasteiger partial charge in [-0.25, -0.2) is 4.98 Å². The molecule has 1 aliphatic rings. The molecule has 3 nitrogen and oxygen atoms in total. The highest BCUT2D eigenvalue weighted by molar-refractivity contribution is 7.15. The van der Waals surface area contributed by atoms with E-state index in [2.05, 4.69) is 30.8 Å². The zero-order valence-electron chi connectivity index (χ0n) is 11.1. The van der Waals surface area contributed by atoms with Gasteiger partial charge in [0.25, 0.3) is 0 Å². The molecule has 1 aromatic heterocycles. The summed E-state index contributed by atoms with van der Waals surface area (Å²) in [6.07, 6.45) is 7.10. The van der Waals surface area contributed by atoms with Gasteiger partial charge in [0.15, 0.2) is 5.13 Å². The summed E-state index contributed by atoms with van der Waals surface area (Å²) in [5.74, 6) is 0. The van der Waals surface area contributed by atoms with E-state index in [0.29, 0.717) is 18.0 Å². The fourth-order valence-corrected chi connectivity index (χ4v) is 3.30. The second-order valence-corrected chi connectivity index (χ2v) is 6.91. The molecule has 2 rings (SSSR count). The first-order chi connectivity index (χ1) is 8.02. The van der Waals surface area contributed by atoms with E-state index in [1.54, 1.807) is 11.3 Å². The van der Waals surface area contributed by atoms with E-state index < -0.39 is 0 Å². The first-order valence-electron chi connectivity index (χ1n) is 6.39. The van der Waals surface area contributed by atoms with E-state index in [0.717, 1.165) is 5.13 Å². The Morgan fingerprint density at radius 3 is 2.65 bits per heavy atom. The van der Waals surface area contributed by atoms with Crippen LogP contribution >= 0.6 is 11.3 Å². The van der Waals surface area contributed by atoms with Crippen molar-refractivity contribution in [1.29, 1.82) is 0 Å². The van der Waals surface area contributed by atoms with Crippen LogP contribution in [0.25, 0.3) is 0 Å². The lowest BCUT2D eigenvalue weighted by Crippen LogP contribution is -2.37. The fraction of sp³-hybridized carbons (Fsp3) is 0.769. The summed E-state index contributed by atoms with van der Waals surface area (Å²) < 4.78 is 0. The van der Waals surface area contributed by atoms with Crippen molar-refractivity contribution < 1.29 is 0 Å². The third-order valence-electron chi connectivity index (χ3n) is 3.90. The summed E-state index contributed by atoms with van der Waals surface area (Å²) in [7, 11) is 2.17. The molecule has 0 atom stereocenters. The van der Waals surface area contributed by atoms with E-state index in [1.165, 1.54) is 30.6 Å². The quantitative estimate of drug-likeness (QED) is 0.900. The molecule has 0 spiro atoms. The highest BCUT2D eigenvalue weighted by atomic mass is 32.1. The average Bonchev–Trinajstić information content (AvgIpc) is 2.76. The summed E-state index contributed by atoms with van der Waals surface area (Å²) in [5, 5.41) is 1.12. The maximum absolute atomic E-state index is 5.63. The van der Waals surface area contributed by atoms with Gasteiger partial charge in [0, 0.05) is 30.7 Å². The standard InChI is InChI=1S/C13H23N3S/c1-13(2)6-4-10(5-7-13)16(3)12-15-9-11(8-14)17-12/h9-10H,4-8,14H2,1-3H3. The van der Waals surface area contributed by atoms with E-state index in [-0.39, 0.29) is 0 Å². The van der Waals surface area contributed by atoms with Crippen molar-refractivity contribution in [1.82, 2.24) is 4.98 Å². The SMILES string of the molecule is CN(c1ncc(CN)s1)C1CCC(C)(C)CC1. The van der Waals surface area contributed by atoms with Gasteiger partial charge in [-0.05, 0) is 31.1 Å². The Kier molecular flexibility index (Phi) is 3.73. The van der Waals surface area contributed by atoms with Crippen LogP contribution in [-0.4, -0.2) is 18.1 Å². The third kappa shape index (κ3) is 2.99. The molecule has 17 heavy (non-hydrogen) atoms. The second kappa shape index (κ2) is 4.94. The van der Waals surface area contributed by atoms with Gasteiger partial charge >= 0.3 is 0 Å². The molecule has 1 heterocycles. The number of nitrogens with zero attached hydrogens (tertiary/aromatic N) is 2. The van der Waals surface area contributed by atoms with Crippen LogP contribution < -0.4 is 10.6 Å². The molecule has 0 aliphatic heterocycles. The van der Waals surface area contributed by atoms with Crippen molar-refractivity contribution in [2.45, 2.75) is 52.1 Å². The molecule has 0 saturated heterocycles. The molecular formula is C13H23N3S. The van der Waals surface area contributed by atoms with E-state index in [1.807, 2.05) is 6.20 Å². The summed E-state index contributed by atoms with van der Waals surface area (Å²) in [6.45, 7) is 5.35. The lowest BCUT2D eigenvalue weighted by Gasteiger charge is -2.38. The molecule has 1 saturated carbocycles. The lowest BCUT2D eigenvalue weighted by molar-refractivity contribution is 0.222. The minimum atomic E-state index is 0.530. The van der Waals surface area contributed by atoms with Gasteiger partial charge in [0.1, 0.15) is 0 Å². The maximum atomic E-state index is 5.63. The molecule has 2 N–H and O–H groups in total. The molecule has 4 heteroatoms. The number of hydrogen-bond donors (Lipinski definition) is 1. The predicted octanol–water partition coefficient (Wildman–Crippen LogP) is 3.01. The molecule has 0 aromatic carbocycles. The number of thiazole rings is 1. The maximum Gasteiger partial charge on any atom is 0.185 e. The second-order valence-electron chi connectivity index (χ2n) is 5.82. The molecule has 0 unspecified atom stereocenters. The van der Waals surface area contributed by atoms with Crippen LogP contribution in [0.5, 0.6) is 0 Å². The fourth-order valence-electron chi connectivity index (χ4n) is 2.48. The summed E-state index contributed by atoms with van der Waals surface area (Å²) >= 11 is 1.72. The zero-order chi connectivity index (χ0) is 12.5. The molecule has 0 radical (unpaired) electrons. The van der Waals surface area contributed by atoms with Crippen molar-refractivity contribution in [3.05, 3.63) is 11.1 Å². The van der Waals surface area contributed by atoms with Crippen LogP contribution in [0.3, 0.4) is 0 Å². The van der Waals surface area contributed by atoms with Crippen LogP contribution in [0.4, 0.5) is 5.13 Å². The highest BCUT2D eigenvalue weighted by Gasteiger charge is 2.29. The predicted molar refractivity (Wildman–Crippen MR) is 74.4 cm³/mol. The van der Waals surface area contributed by atoms with Gasteiger partial charge in [-0.1, -0.05) is 13.8 Å². The Morgan fingerprint density at radius 1 is 1.47 bits per heavy atom. The van der Waals surface area contributed by atoms with Crippen molar-refractivity contribution in [3.63, 3.8) is 0 Å². The summed E-state index contributed by atoms with van der Waals surface area (Å²) in [4.78, 5) is 7.98. The smallest absolute Gasteiger partial charge is 0.185 e. The zero-order valence-corrected chi connectivity index (χ0v) is 11.9. The summed E-state index contributed by atoms with van der Waals surface area (Å²) in [5.41, 5.74) is 6.16. The molecule has 0 bridgehead atoms. The van der Waals surface area contributed by atoms with Crippen LogP contribution in [0.1, 0.15) is 44.4 Å². The number of nitrogens with two attached hydrogens (primary N) is 1. The van der Waals surface area contributed by atoms with Crippen molar-refractivity contribution in [2.75, 3.05) is 11.9 Å². The van der Waals surface area contributed by atoms with Crippen LogP contribution in [0.2, 0.25) is 0 Å². The van der Waals surface area contributed by atoms with Crippen LogP contribution in [0.15, 0.2) is 6.20 Å². The molecular weight excluding hydrogens is 230 g/mol. The van der Waals surface area contributed by atoms with Crippen molar-refractivity contribution in [3.8, 4) is 0 Å². The van der Waals surface area contributed by atoms with E-state index in [9.17, 15) is 0 Å². The van der Waals surface area contributed by atoms with Gasteiger partial charge in [-0.3, -0.25) is 0 Å². The Hall–Kier alpha value is -0.610. The topological polar surface area (TPSA) is 42.2 Å². The van der Waals surface area contributed by atoms with Gasteiger partial charge in [0.2, 0.25) is 0 Å². The van der Waals surface area contributed by atoms with E-state index >= 15 is 0 Å². The molecule has 1 fully saturated rings. The largest absolute Gasteiger partial charge is 0.348 e. The number of aromatic nitrogens is 1. The molecule has 0 amide bonds. The first-order valence-corrected chi connectivity index (χ1v) is 7.21. The number of rotatable bonds is 3. The minimum absolute atomic E-state index is 0.530. The van der Waals surface area contributed by atoms with Gasteiger partial charge in [0.05, 0.1) is 0 Å². The average molecular weight is 253 g/mol. The Bertz CT molecular complexity index is 362. The normalized spacial score (nSPS) is 20.5. The highest BCUT2D eigenvalue weighted by Crippen LogP contribution is 2.38. The van der Waals surface area contributed by atoms with Crippen molar-refractivity contribution >= 4 is 16.5 Å². The van der Waals surface area contributed by atoms with Gasteiger partial charge in [-0.15, -0.1) is 11.3 Å². The van der Waals surface area contributed by atoms with Gasteiger partial charge in [-0.2, -0.15) is 0 Å². The monoisotopic (exact) mass is 253 g/mol. The first kappa shape index (κ1) is 12.8. The molecule has 1 aliphatic carbocycles. The molecule has 1 aromatic rings. The van der Waals surface area contributed by atoms with Crippen LogP contribution in [0, 0.1) is 5.41 Å². The summed E-state index contributed by atoms with van der Waals surface area (Å²) in [6, 6.07) is 0.653. The van der Waals surface area contributed by atoms with Crippen LogP contribution in [-0.2, 0) is 6.54 Å². The molecule has 96 valence electrons. The minimum Gasteiger partial charge on any atom is -0.348 e. The Morgan fingerprint density at radius 2 is 2.12 bits per heavy atom. The number of hydrogen-bond acceptors (Lipinski definition) is 4. The third-order valence-corrected chi connectivity index (χ3v) is 5.01. The Balaban J connectivity index is 1.98. The van der Waals surface area contributed by atoms with Gasteiger partial charge < -0.3 is 10.6 Å². The Labute approximate surface area is 108 Å². The lowest BCUT2D eigenvalue weighted by atomic mass is 9.75. The number of anilines is 1.